The van der Waals surface area contributed by atoms with Crippen molar-refractivity contribution in [3.05, 3.63) is 0 Å². The summed E-state index contributed by atoms with van der Waals surface area (Å²) in [6.45, 7) is 6.66. The molecule has 0 saturated carbocycles. The minimum Gasteiger partial charge on any atom is -0.799 e. The topological polar surface area (TPSA) is 80.3 Å². The fourth-order valence-corrected chi connectivity index (χ4v) is 1.34. The van der Waals surface area contributed by atoms with E-state index in [9.17, 15) is 18.9 Å². The van der Waals surface area contributed by atoms with Crippen molar-refractivity contribution >= 4 is 63.6 Å². The Kier molecular flexibility index (Phi) is 16.3. The van der Waals surface area contributed by atoms with Gasteiger partial charge in [0.1, 0.15) is 0 Å². The van der Waals surface area contributed by atoms with E-state index in [2.05, 4.69) is 0 Å². The fourth-order valence-electron chi connectivity index (χ4n) is 0.447. The Bertz CT molecular complexity index is 193. The Morgan fingerprint density at radius 1 is 0.733 bits per heavy atom. The Morgan fingerprint density at radius 3 is 0.867 bits per heavy atom. The molecule has 0 heterocycles. The zero-order chi connectivity index (χ0) is 11.8. The van der Waals surface area contributed by atoms with E-state index >= 15 is 0 Å². The van der Waals surface area contributed by atoms with Crippen LogP contribution in [0.1, 0.15) is 27.7 Å². The van der Waals surface area contributed by atoms with Gasteiger partial charge in [0.25, 0.3) is 0 Å². The molecule has 0 saturated heterocycles. The molecule has 0 bridgehead atoms. The molecule has 0 atom stereocenters. The second kappa shape index (κ2) is 11.1. The molecule has 0 aliphatic carbocycles. The maximum atomic E-state index is 10.4. The Morgan fingerprint density at radius 2 is 0.867 bits per heavy atom. The molecule has 0 aliphatic rings. The molecule has 0 aromatic rings. The first-order valence-electron chi connectivity index (χ1n) is 4.82. The average molecular weight is 380 g/mol. The molecular formula is C8H20BaO4P2. The molecule has 0 unspecified atom stereocenters. The molecule has 7 heteroatoms. The fraction of sp³-hybridized carbons (Fsp3) is 1.00. The summed E-state index contributed by atoms with van der Waals surface area (Å²) in [5, 5.41) is 0. The zero-order valence-corrected chi connectivity index (χ0v) is 16.3. The van der Waals surface area contributed by atoms with Crippen molar-refractivity contribution in [1.82, 2.24) is 0 Å². The number of hydrogen-bond donors (Lipinski definition) is 0. The Hall–Kier alpha value is 1.95. The van der Waals surface area contributed by atoms with E-state index in [0.717, 1.165) is 0 Å². The Balaban J connectivity index is -0.000000180. The van der Waals surface area contributed by atoms with Gasteiger partial charge in [0.2, 0.25) is 0 Å². The van der Waals surface area contributed by atoms with Crippen molar-refractivity contribution in [1.29, 1.82) is 0 Å². The third-order valence-corrected chi connectivity index (χ3v) is 5.78. The normalized spacial score (nSPS) is 11.1. The molecule has 0 rings (SSSR count). The van der Waals surface area contributed by atoms with Crippen molar-refractivity contribution < 1.29 is 18.9 Å². The van der Waals surface area contributed by atoms with Crippen molar-refractivity contribution in [2.75, 3.05) is 24.6 Å². The van der Waals surface area contributed by atoms with Gasteiger partial charge in [0.15, 0.2) is 0 Å². The van der Waals surface area contributed by atoms with Crippen LogP contribution < -0.4 is 9.79 Å². The molecule has 0 radical (unpaired) electrons. The van der Waals surface area contributed by atoms with E-state index in [1.807, 2.05) is 0 Å². The summed E-state index contributed by atoms with van der Waals surface area (Å²) in [6.07, 6.45) is 1.18. The molecule has 0 spiro atoms. The second-order valence-corrected chi connectivity index (χ2v) is 8.68. The first kappa shape index (κ1) is 22.2. The first-order chi connectivity index (χ1) is 6.24. The predicted octanol–water partition coefficient (Wildman–Crippen LogP) is 0.948. The molecule has 0 fully saturated rings. The third kappa shape index (κ3) is 16.0. The van der Waals surface area contributed by atoms with Crippen LogP contribution in [0.25, 0.3) is 0 Å². The van der Waals surface area contributed by atoms with Crippen LogP contribution in [-0.2, 0) is 9.13 Å². The van der Waals surface area contributed by atoms with Gasteiger partial charge in [-0.3, -0.25) is 0 Å². The summed E-state index contributed by atoms with van der Waals surface area (Å²) in [7, 11) is -5.81. The third-order valence-electron chi connectivity index (χ3n) is 1.93. The standard InChI is InChI=1S/2C4H11O2P.Ba/c2*1-3-7(5,6)4-2;/h2*3-4H2,1-2H3,(H,5,6);/q;;+2/p-2. The maximum Gasteiger partial charge on any atom is 2.00 e. The second-order valence-electron chi connectivity index (χ2n) is 2.89. The van der Waals surface area contributed by atoms with Crippen molar-refractivity contribution in [3.63, 3.8) is 0 Å². The van der Waals surface area contributed by atoms with Crippen LogP contribution in [0.3, 0.4) is 0 Å². The quantitative estimate of drug-likeness (QED) is 0.538. The first-order valence-corrected chi connectivity index (χ1v) is 8.81. The van der Waals surface area contributed by atoms with Gasteiger partial charge < -0.3 is 18.9 Å². The van der Waals surface area contributed by atoms with Gasteiger partial charge in [-0.05, 0) is 24.6 Å². The van der Waals surface area contributed by atoms with E-state index in [-0.39, 0.29) is 48.9 Å². The molecule has 0 N–H and O–H groups in total. The van der Waals surface area contributed by atoms with E-state index in [1.54, 1.807) is 27.7 Å². The summed E-state index contributed by atoms with van der Waals surface area (Å²) < 4.78 is 20.8. The monoisotopic (exact) mass is 380 g/mol. The molecule has 88 valence electrons. The maximum absolute atomic E-state index is 10.4. The van der Waals surface area contributed by atoms with E-state index in [0.29, 0.717) is 24.6 Å². The smallest absolute Gasteiger partial charge is 0.799 e. The summed E-state index contributed by atoms with van der Waals surface area (Å²) in [6, 6.07) is 0. The molecular weight excluding hydrogens is 359 g/mol. The van der Waals surface area contributed by atoms with Crippen LogP contribution in [0, 0.1) is 0 Å². The van der Waals surface area contributed by atoms with Gasteiger partial charge in [0, 0.05) is 14.7 Å². The molecule has 0 amide bonds. The molecule has 4 nitrogen and oxygen atoms in total. The predicted molar refractivity (Wildman–Crippen MR) is 63.1 cm³/mol. The van der Waals surface area contributed by atoms with Crippen molar-refractivity contribution in [2.24, 2.45) is 0 Å². The average Bonchev–Trinajstić information content (AvgIpc) is 2.19. The van der Waals surface area contributed by atoms with Crippen LogP contribution in [0.2, 0.25) is 0 Å². The van der Waals surface area contributed by atoms with Crippen molar-refractivity contribution in [3.8, 4) is 0 Å². The van der Waals surface area contributed by atoms with Crippen LogP contribution in [0.4, 0.5) is 0 Å². The van der Waals surface area contributed by atoms with Gasteiger partial charge in [-0.1, -0.05) is 27.7 Å². The van der Waals surface area contributed by atoms with Crippen LogP contribution in [-0.4, -0.2) is 73.5 Å². The van der Waals surface area contributed by atoms with Crippen LogP contribution >= 0.6 is 14.7 Å². The summed E-state index contributed by atoms with van der Waals surface area (Å²) >= 11 is 0. The van der Waals surface area contributed by atoms with Crippen molar-refractivity contribution in [2.45, 2.75) is 27.7 Å². The van der Waals surface area contributed by atoms with Gasteiger partial charge in [-0.2, -0.15) is 0 Å². The minimum absolute atomic E-state index is 0. The van der Waals surface area contributed by atoms with E-state index in [1.165, 1.54) is 0 Å². The van der Waals surface area contributed by atoms with Gasteiger partial charge in [0.05, 0.1) is 0 Å². The van der Waals surface area contributed by atoms with Crippen LogP contribution in [0.5, 0.6) is 0 Å². The summed E-state index contributed by atoms with van der Waals surface area (Å²) in [5.41, 5.74) is 0. The SMILES string of the molecule is CCP(=O)([O-])CC.CCP(=O)([O-])CC.[Ba+2]. The Labute approximate surface area is 133 Å². The molecule has 0 aromatic heterocycles. The van der Waals surface area contributed by atoms with E-state index < -0.39 is 14.7 Å². The summed E-state index contributed by atoms with van der Waals surface area (Å²) in [4.78, 5) is 20.8. The molecule has 0 aliphatic heterocycles. The van der Waals surface area contributed by atoms with Gasteiger partial charge in [-0.15, -0.1) is 0 Å². The molecule has 0 aromatic carbocycles. The number of hydrogen-bond acceptors (Lipinski definition) is 4. The van der Waals surface area contributed by atoms with E-state index in [4.69, 9.17) is 0 Å². The number of rotatable bonds is 4. The van der Waals surface area contributed by atoms with Crippen LogP contribution in [0.15, 0.2) is 0 Å². The molecule has 15 heavy (non-hydrogen) atoms. The zero-order valence-electron chi connectivity index (χ0n) is 10.1. The van der Waals surface area contributed by atoms with Gasteiger partial charge in [-0.25, -0.2) is 0 Å². The largest absolute Gasteiger partial charge is 2.00 e. The minimum atomic E-state index is -2.90. The van der Waals surface area contributed by atoms with Gasteiger partial charge >= 0.3 is 48.9 Å². The summed E-state index contributed by atoms with van der Waals surface area (Å²) in [5.74, 6) is 0.